The maximum absolute atomic E-state index is 9.37. The minimum Gasteiger partial charge on any atom is -0.508 e. The Morgan fingerprint density at radius 3 is 1.30 bits per heavy atom. The molecule has 0 radical (unpaired) electrons. The third-order valence-electron chi connectivity index (χ3n) is 6.89. The number of hydrogen-bond acceptors (Lipinski definition) is 11. The third-order valence-corrected chi connectivity index (χ3v) is 6.89. The molecule has 1 aliphatic heterocycles. The van der Waals surface area contributed by atoms with Crippen molar-refractivity contribution in [2.75, 3.05) is 29.7 Å². The first-order chi connectivity index (χ1) is 25.4. The Bertz CT molecular complexity index is 1980. The number of rotatable bonds is 0. The van der Waals surface area contributed by atoms with Crippen LogP contribution < -0.4 is 32.4 Å². The Hall–Kier alpha value is -7.40. The zero-order chi connectivity index (χ0) is 38.6. The molecule has 53 heavy (non-hydrogen) atoms. The van der Waals surface area contributed by atoms with Gasteiger partial charge >= 0.3 is 0 Å². The lowest BCUT2D eigenvalue weighted by atomic mass is 10.1. The molecule has 0 aromatic heterocycles. The van der Waals surface area contributed by atoms with E-state index >= 15 is 0 Å². The zero-order valence-electron chi connectivity index (χ0n) is 29.1. The minimum absolute atomic E-state index is 0.0880. The predicted octanol–water partition coefficient (Wildman–Crippen LogP) is 8.17. The summed E-state index contributed by atoms with van der Waals surface area (Å²) in [7, 11) is 0. The van der Waals surface area contributed by atoms with Crippen LogP contribution in [0.5, 0.6) is 40.2 Å². The normalized spacial score (nSPS) is 10.1. The number of anilines is 4. The Kier molecular flexibility index (Phi) is 15.8. The summed E-state index contributed by atoms with van der Waals surface area (Å²) in [6.45, 7) is 2.19. The number of aryl methyl sites for hydroxylation is 1. The van der Waals surface area contributed by atoms with Crippen molar-refractivity contribution in [1.29, 1.82) is 0 Å². The van der Waals surface area contributed by atoms with Crippen molar-refractivity contribution in [2.45, 2.75) is 6.92 Å². The molecule has 0 amide bonds. The van der Waals surface area contributed by atoms with E-state index in [1.54, 1.807) is 60.7 Å². The van der Waals surface area contributed by atoms with Crippen LogP contribution in [0.25, 0.3) is 10.8 Å². The number of nitrogens with two attached hydrogens (primary N) is 4. The van der Waals surface area contributed by atoms with E-state index in [0.29, 0.717) is 35.3 Å². The van der Waals surface area contributed by atoms with E-state index < -0.39 is 0 Å². The Balaban J connectivity index is 0.000000172. The van der Waals surface area contributed by atoms with Crippen LogP contribution in [0.2, 0.25) is 0 Å². The standard InChI is InChI=1S/C10H8O.C7H9NO.C7H6O2.C6H8N2.C6H7NO.C6H6O2/c11-10-7-3-5-8-4-1-2-6-9(8)10;1-5-2-3-6(8)4-7(5)9;1-2-4-7-6(3-1)8-5-9-7;3*7-5-2-1-3-6(8)4-5/h1-7,11H;2-4,9H,8H2,1H3;1-4H,5H2;1-4H,7-8H2;1-4,8H,7H2;1-4,7-8H. The van der Waals surface area contributed by atoms with E-state index in [2.05, 4.69) is 0 Å². The topological polar surface area (TPSA) is 224 Å². The Labute approximate surface area is 308 Å². The van der Waals surface area contributed by atoms with E-state index in [-0.39, 0.29) is 23.0 Å². The molecule has 0 saturated carbocycles. The van der Waals surface area contributed by atoms with Gasteiger partial charge in [-0.3, -0.25) is 0 Å². The first kappa shape index (κ1) is 40.0. The largest absolute Gasteiger partial charge is 0.508 e. The van der Waals surface area contributed by atoms with Gasteiger partial charge in [-0.2, -0.15) is 0 Å². The lowest BCUT2D eigenvalue weighted by molar-refractivity contribution is 0.174. The molecule has 0 aliphatic carbocycles. The Morgan fingerprint density at radius 1 is 0.415 bits per heavy atom. The highest BCUT2D eigenvalue weighted by molar-refractivity contribution is 5.87. The summed E-state index contributed by atoms with van der Waals surface area (Å²) in [6.07, 6.45) is 0. The number of phenols is 5. The highest BCUT2D eigenvalue weighted by Gasteiger charge is 2.09. The summed E-state index contributed by atoms with van der Waals surface area (Å²) in [4.78, 5) is 0. The maximum Gasteiger partial charge on any atom is 0.231 e. The predicted molar refractivity (Wildman–Crippen MR) is 213 cm³/mol. The van der Waals surface area contributed by atoms with Crippen LogP contribution in [-0.2, 0) is 0 Å². The van der Waals surface area contributed by atoms with Crippen LogP contribution in [0.1, 0.15) is 5.56 Å². The fraction of sp³-hybridized carbons (Fsp3) is 0.0476. The summed E-state index contributed by atoms with van der Waals surface area (Å²) in [5.74, 6) is 2.69. The van der Waals surface area contributed by atoms with Crippen molar-refractivity contribution in [3.8, 4) is 40.2 Å². The second-order valence-corrected chi connectivity index (χ2v) is 11.2. The Morgan fingerprint density at radius 2 is 0.868 bits per heavy atom. The summed E-state index contributed by atoms with van der Waals surface area (Å²) < 4.78 is 10.2. The first-order valence-corrected chi connectivity index (χ1v) is 16.1. The summed E-state index contributed by atoms with van der Waals surface area (Å²) >= 11 is 0. The van der Waals surface area contributed by atoms with Crippen LogP contribution in [0.15, 0.2) is 158 Å². The number of benzene rings is 7. The molecule has 7 aromatic carbocycles. The smallest absolute Gasteiger partial charge is 0.231 e. The van der Waals surface area contributed by atoms with Gasteiger partial charge in [0.25, 0.3) is 0 Å². The molecule has 0 saturated heterocycles. The molecule has 11 nitrogen and oxygen atoms in total. The molecule has 1 aliphatic rings. The van der Waals surface area contributed by atoms with Crippen molar-refractivity contribution >= 4 is 33.5 Å². The number of aromatic hydroxyl groups is 5. The lowest BCUT2D eigenvalue weighted by Crippen LogP contribution is -1.92. The molecular weight excluding hydrogens is 672 g/mol. The van der Waals surface area contributed by atoms with Crippen LogP contribution in [0.4, 0.5) is 22.7 Å². The molecular formula is C42H44N4O7. The van der Waals surface area contributed by atoms with E-state index in [1.807, 2.05) is 73.7 Å². The SMILES string of the molecule is Cc1ccc(N)cc1O.Nc1cccc(N)c1.Nc1cccc(O)c1.Oc1cccc(O)c1.Oc1cccc2ccccc12.c1ccc2c(c1)OCO2. The van der Waals surface area contributed by atoms with Gasteiger partial charge in [0, 0.05) is 46.3 Å². The molecule has 1 heterocycles. The monoisotopic (exact) mass is 716 g/mol. The second kappa shape index (κ2) is 21.0. The average molecular weight is 717 g/mol. The fourth-order valence-electron chi connectivity index (χ4n) is 4.26. The van der Waals surface area contributed by atoms with Gasteiger partial charge in [-0.1, -0.05) is 72.8 Å². The van der Waals surface area contributed by atoms with E-state index in [1.165, 1.54) is 30.3 Å². The van der Waals surface area contributed by atoms with Crippen LogP contribution in [0, 0.1) is 6.92 Å². The molecule has 0 spiro atoms. The van der Waals surface area contributed by atoms with Gasteiger partial charge in [0.2, 0.25) is 6.79 Å². The molecule has 13 N–H and O–H groups in total. The number of hydrogen-bond donors (Lipinski definition) is 9. The molecule has 7 aromatic rings. The first-order valence-electron chi connectivity index (χ1n) is 16.1. The number of nitrogen functional groups attached to an aromatic ring is 4. The van der Waals surface area contributed by atoms with Gasteiger partial charge in [-0.05, 0) is 84.6 Å². The lowest BCUT2D eigenvalue weighted by Gasteiger charge is -1.97. The maximum atomic E-state index is 9.37. The van der Waals surface area contributed by atoms with Crippen LogP contribution in [-0.4, -0.2) is 32.3 Å². The summed E-state index contributed by atoms with van der Waals surface area (Å²) in [6, 6.07) is 45.5. The number of phenolic OH excluding ortho intramolecular Hbond substituents is 5. The van der Waals surface area contributed by atoms with Gasteiger partial charge < -0.3 is 57.9 Å². The molecule has 11 heteroatoms. The highest BCUT2D eigenvalue weighted by atomic mass is 16.7. The minimum atomic E-state index is 0.0880. The van der Waals surface area contributed by atoms with Crippen molar-refractivity contribution in [1.82, 2.24) is 0 Å². The van der Waals surface area contributed by atoms with Crippen LogP contribution >= 0.6 is 0 Å². The zero-order valence-corrected chi connectivity index (χ0v) is 29.1. The van der Waals surface area contributed by atoms with Crippen LogP contribution in [0.3, 0.4) is 0 Å². The van der Waals surface area contributed by atoms with Gasteiger partial charge in [0.1, 0.15) is 28.7 Å². The van der Waals surface area contributed by atoms with Crippen molar-refractivity contribution < 1.29 is 35.0 Å². The van der Waals surface area contributed by atoms with Gasteiger partial charge in [0.05, 0.1) is 0 Å². The van der Waals surface area contributed by atoms with Gasteiger partial charge in [0.15, 0.2) is 11.5 Å². The molecule has 8 rings (SSSR count). The average Bonchev–Trinajstić information content (AvgIpc) is 3.61. The second-order valence-electron chi connectivity index (χ2n) is 11.2. The van der Waals surface area contributed by atoms with Crippen molar-refractivity contribution in [3.63, 3.8) is 0 Å². The van der Waals surface area contributed by atoms with E-state index in [0.717, 1.165) is 27.8 Å². The molecule has 0 fully saturated rings. The number of fused-ring (bicyclic) bond motifs is 2. The molecule has 0 bridgehead atoms. The van der Waals surface area contributed by atoms with E-state index in [4.69, 9.17) is 52.8 Å². The number of para-hydroxylation sites is 2. The van der Waals surface area contributed by atoms with Gasteiger partial charge in [-0.25, -0.2) is 0 Å². The molecule has 0 unspecified atom stereocenters. The molecule has 274 valence electrons. The highest BCUT2D eigenvalue weighted by Crippen LogP contribution is 2.30. The number of ether oxygens (including phenoxy) is 2. The van der Waals surface area contributed by atoms with E-state index in [9.17, 15) is 5.11 Å². The third kappa shape index (κ3) is 14.9. The van der Waals surface area contributed by atoms with Gasteiger partial charge in [-0.15, -0.1) is 0 Å². The molecule has 0 atom stereocenters. The summed E-state index contributed by atoms with van der Waals surface area (Å²) in [5.41, 5.74) is 24.9. The van der Waals surface area contributed by atoms with Crippen molar-refractivity contribution in [3.05, 3.63) is 163 Å². The quantitative estimate of drug-likeness (QED) is 0.0681. The summed E-state index contributed by atoms with van der Waals surface area (Å²) in [5, 5.41) is 46.4. The van der Waals surface area contributed by atoms with Crippen molar-refractivity contribution in [2.24, 2.45) is 0 Å². The fourth-order valence-corrected chi connectivity index (χ4v) is 4.26.